The Hall–Kier alpha value is 0.380. The Balaban J connectivity index is 3.28. The van der Waals surface area contributed by atoms with Crippen molar-refractivity contribution in [3.05, 3.63) is 30.2 Å². The third-order valence-electron chi connectivity index (χ3n) is 1.40. The zero-order valence-electron chi connectivity index (χ0n) is 6.61. The maximum Gasteiger partial charge on any atom is 0.340 e. The van der Waals surface area contributed by atoms with Gasteiger partial charge >= 0.3 is 5.97 Å². The molecule has 0 aromatic heterocycles. The Kier molecular flexibility index (Phi) is 4.18. The number of benzene rings is 1. The van der Waals surface area contributed by atoms with E-state index in [1.54, 1.807) is 0 Å². The Morgan fingerprint density at radius 1 is 1.38 bits per heavy atom. The van der Waals surface area contributed by atoms with Gasteiger partial charge < -0.3 is 4.74 Å². The molecule has 2 nitrogen and oxygen atoms in total. The van der Waals surface area contributed by atoms with Crippen LogP contribution >= 0.6 is 54.5 Å². The minimum absolute atomic E-state index is 0.352. The van der Waals surface area contributed by atoms with Crippen molar-refractivity contribution in [2.75, 3.05) is 7.11 Å². The third kappa shape index (κ3) is 2.66. The molecule has 0 saturated heterocycles. The maximum atomic E-state index is 11.3. The molecule has 0 radical (unpaired) electrons. The van der Waals surface area contributed by atoms with E-state index < -0.39 is 0 Å². The molecule has 1 rings (SSSR count). The highest BCUT2D eigenvalue weighted by Crippen LogP contribution is 2.28. The van der Waals surface area contributed by atoms with Gasteiger partial charge in [-0.2, -0.15) is 0 Å². The van der Waals surface area contributed by atoms with E-state index in [4.69, 9.17) is 0 Å². The van der Waals surface area contributed by atoms with Gasteiger partial charge in [0.25, 0.3) is 0 Å². The predicted octanol–water partition coefficient (Wildman–Crippen LogP) is 3.60. The topological polar surface area (TPSA) is 26.3 Å². The van der Waals surface area contributed by atoms with Crippen molar-refractivity contribution in [3.8, 4) is 0 Å². The summed E-state index contributed by atoms with van der Waals surface area (Å²) in [5.41, 5.74) is 0.517. The molecular weight excluding hydrogens is 415 g/mol. The van der Waals surface area contributed by atoms with E-state index in [0.29, 0.717) is 5.56 Å². The van der Waals surface area contributed by atoms with Crippen LogP contribution in [0.5, 0.6) is 0 Å². The van der Waals surface area contributed by atoms with Crippen molar-refractivity contribution in [3.63, 3.8) is 0 Å². The average Bonchev–Trinajstić information content (AvgIpc) is 2.02. The minimum atomic E-state index is -0.352. The van der Waals surface area contributed by atoms with Crippen molar-refractivity contribution in [2.24, 2.45) is 0 Å². The molecule has 0 aliphatic heterocycles. The normalized spacial score (nSPS) is 9.85. The smallest absolute Gasteiger partial charge is 0.340 e. The van der Waals surface area contributed by atoms with Gasteiger partial charge in [-0.05, 0) is 66.6 Å². The van der Waals surface area contributed by atoms with E-state index in [1.807, 2.05) is 12.1 Å². The number of halogens is 3. The van der Waals surface area contributed by atoms with E-state index in [-0.39, 0.29) is 5.97 Å². The van der Waals surface area contributed by atoms with Crippen LogP contribution in [-0.2, 0) is 4.74 Å². The molecular formula is C8H5Br2IO2. The van der Waals surface area contributed by atoms with Crippen LogP contribution in [0.4, 0.5) is 0 Å². The molecule has 0 atom stereocenters. The lowest BCUT2D eigenvalue weighted by Crippen LogP contribution is -2.03. The summed E-state index contributed by atoms with van der Waals surface area (Å²) >= 11 is 8.78. The standard InChI is InChI=1S/C8H5Br2IO2/c1-13-8(12)7-5(9)2-4(11)3-6(7)10/h2-3H,1H3. The van der Waals surface area contributed by atoms with Gasteiger partial charge in [-0.1, -0.05) is 0 Å². The summed E-state index contributed by atoms with van der Waals surface area (Å²) in [7, 11) is 1.36. The number of esters is 1. The Labute approximate surface area is 106 Å². The summed E-state index contributed by atoms with van der Waals surface area (Å²) in [5.74, 6) is -0.352. The van der Waals surface area contributed by atoms with Crippen molar-refractivity contribution < 1.29 is 9.53 Å². The van der Waals surface area contributed by atoms with E-state index in [9.17, 15) is 4.79 Å². The first kappa shape index (κ1) is 11.5. The second kappa shape index (κ2) is 4.75. The second-order valence-corrected chi connectivity index (χ2v) is 5.19. The third-order valence-corrected chi connectivity index (χ3v) is 3.27. The fourth-order valence-electron chi connectivity index (χ4n) is 0.839. The lowest BCUT2D eigenvalue weighted by atomic mass is 10.2. The first-order valence-electron chi connectivity index (χ1n) is 3.29. The van der Waals surface area contributed by atoms with Crippen LogP contribution in [-0.4, -0.2) is 13.1 Å². The minimum Gasteiger partial charge on any atom is -0.465 e. The van der Waals surface area contributed by atoms with Crippen LogP contribution < -0.4 is 0 Å². The molecule has 0 aliphatic rings. The molecule has 0 saturated carbocycles. The van der Waals surface area contributed by atoms with E-state index in [0.717, 1.165) is 12.5 Å². The zero-order valence-corrected chi connectivity index (χ0v) is 11.9. The van der Waals surface area contributed by atoms with Gasteiger partial charge in [0.15, 0.2) is 0 Å². The summed E-state index contributed by atoms with van der Waals surface area (Å²) in [6.07, 6.45) is 0. The van der Waals surface area contributed by atoms with Crippen LogP contribution in [0.25, 0.3) is 0 Å². The van der Waals surface area contributed by atoms with Crippen molar-refractivity contribution in [1.82, 2.24) is 0 Å². The average molecular weight is 420 g/mol. The summed E-state index contributed by atoms with van der Waals surface area (Å²) in [6, 6.07) is 3.72. The summed E-state index contributed by atoms with van der Waals surface area (Å²) in [5, 5.41) is 0. The Morgan fingerprint density at radius 3 is 2.23 bits per heavy atom. The zero-order chi connectivity index (χ0) is 10.0. The first-order chi connectivity index (χ1) is 6.06. The number of methoxy groups -OCH3 is 1. The van der Waals surface area contributed by atoms with Crippen LogP contribution in [0.2, 0.25) is 0 Å². The molecule has 0 N–H and O–H groups in total. The maximum absolute atomic E-state index is 11.3. The van der Waals surface area contributed by atoms with Gasteiger partial charge in [-0.3, -0.25) is 0 Å². The monoisotopic (exact) mass is 418 g/mol. The number of ether oxygens (including phenoxy) is 1. The largest absolute Gasteiger partial charge is 0.465 e. The van der Waals surface area contributed by atoms with Gasteiger partial charge in [0.1, 0.15) is 0 Å². The lowest BCUT2D eigenvalue weighted by Gasteiger charge is -2.05. The quantitative estimate of drug-likeness (QED) is 0.513. The van der Waals surface area contributed by atoms with Gasteiger partial charge in [0.2, 0.25) is 0 Å². The number of carbonyl (C=O) groups excluding carboxylic acids is 1. The predicted molar refractivity (Wildman–Crippen MR) is 65.9 cm³/mol. The number of carbonyl (C=O) groups is 1. The Bertz CT molecular complexity index is 329. The fourth-order valence-corrected chi connectivity index (χ4v) is 3.83. The van der Waals surface area contributed by atoms with Gasteiger partial charge in [0, 0.05) is 12.5 Å². The molecule has 5 heteroatoms. The van der Waals surface area contributed by atoms with Crippen LogP contribution in [0.15, 0.2) is 21.1 Å². The molecule has 1 aromatic rings. The molecule has 1 aromatic carbocycles. The molecule has 0 bridgehead atoms. The van der Waals surface area contributed by atoms with E-state index in [1.165, 1.54) is 7.11 Å². The highest BCUT2D eigenvalue weighted by Gasteiger charge is 2.14. The Morgan fingerprint density at radius 2 is 1.85 bits per heavy atom. The number of hydrogen-bond acceptors (Lipinski definition) is 2. The van der Waals surface area contributed by atoms with Gasteiger partial charge in [0.05, 0.1) is 12.7 Å². The van der Waals surface area contributed by atoms with Gasteiger partial charge in [-0.15, -0.1) is 0 Å². The van der Waals surface area contributed by atoms with Crippen LogP contribution in [0.3, 0.4) is 0 Å². The van der Waals surface area contributed by atoms with Crippen LogP contribution in [0, 0.1) is 3.57 Å². The number of hydrogen-bond donors (Lipinski definition) is 0. The second-order valence-electron chi connectivity index (χ2n) is 2.24. The molecule has 0 amide bonds. The SMILES string of the molecule is COC(=O)c1c(Br)cc(I)cc1Br. The lowest BCUT2D eigenvalue weighted by molar-refractivity contribution is 0.0598. The molecule has 13 heavy (non-hydrogen) atoms. The van der Waals surface area contributed by atoms with Crippen molar-refractivity contribution >= 4 is 60.4 Å². The number of rotatable bonds is 1. The summed E-state index contributed by atoms with van der Waals surface area (Å²) in [4.78, 5) is 11.3. The molecule has 0 aliphatic carbocycles. The van der Waals surface area contributed by atoms with Crippen molar-refractivity contribution in [1.29, 1.82) is 0 Å². The highest BCUT2D eigenvalue weighted by atomic mass is 127. The molecule has 0 heterocycles. The fraction of sp³-hybridized carbons (Fsp3) is 0.125. The van der Waals surface area contributed by atoms with E-state index in [2.05, 4.69) is 59.2 Å². The summed E-state index contributed by atoms with van der Waals surface area (Å²) < 4.78 is 7.15. The molecule has 0 spiro atoms. The van der Waals surface area contributed by atoms with Crippen molar-refractivity contribution in [2.45, 2.75) is 0 Å². The molecule has 0 unspecified atom stereocenters. The van der Waals surface area contributed by atoms with Gasteiger partial charge in [-0.25, -0.2) is 4.79 Å². The van der Waals surface area contributed by atoms with E-state index >= 15 is 0 Å². The molecule has 0 fully saturated rings. The molecule has 70 valence electrons. The first-order valence-corrected chi connectivity index (χ1v) is 5.95. The summed E-state index contributed by atoms with van der Waals surface area (Å²) in [6.45, 7) is 0. The van der Waals surface area contributed by atoms with Crippen LogP contribution in [0.1, 0.15) is 10.4 Å². The highest BCUT2D eigenvalue weighted by molar-refractivity contribution is 14.1.